The van der Waals surface area contributed by atoms with Crippen molar-refractivity contribution in [2.75, 3.05) is 33.9 Å². The summed E-state index contributed by atoms with van der Waals surface area (Å²) in [4.78, 5) is 6.62. The fourth-order valence-electron chi connectivity index (χ4n) is 3.77. The third-order valence-corrected chi connectivity index (χ3v) is 5.52. The Morgan fingerprint density at radius 2 is 2.16 bits per heavy atom. The molecule has 0 unspecified atom stereocenters. The lowest BCUT2D eigenvalue weighted by Gasteiger charge is -2.32. The van der Waals surface area contributed by atoms with Crippen LogP contribution in [0.2, 0.25) is 5.02 Å². The van der Waals surface area contributed by atoms with E-state index in [1.54, 1.807) is 0 Å². The summed E-state index contributed by atoms with van der Waals surface area (Å²) in [6, 6.07) is 2.01. The Balaban J connectivity index is 1.92. The van der Waals surface area contributed by atoms with Gasteiger partial charge in [-0.05, 0) is 37.7 Å². The molecule has 0 saturated heterocycles. The standard InChI is InChI=1S/C19H33ClN4O/c1-5-25-11-10-19(8-6-7-9-19)15-22-18(21-2)24(4)14-17-12-16(20)13-23(17)3/h12-13H,5-11,14-15H2,1-4H3,(H,21,22). The van der Waals surface area contributed by atoms with Gasteiger partial charge in [-0.1, -0.05) is 24.4 Å². The lowest BCUT2D eigenvalue weighted by Crippen LogP contribution is -2.44. The summed E-state index contributed by atoms with van der Waals surface area (Å²) in [5.74, 6) is 0.931. The maximum absolute atomic E-state index is 6.09. The first-order valence-electron chi connectivity index (χ1n) is 9.30. The van der Waals surface area contributed by atoms with Crippen molar-refractivity contribution in [1.29, 1.82) is 0 Å². The molecule has 1 fully saturated rings. The van der Waals surface area contributed by atoms with Crippen molar-refractivity contribution in [2.45, 2.75) is 45.6 Å². The van der Waals surface area contributed by atoms with Gasteiger partial charge in [0.1, 0.15) is 0 Å². The van der Waals surface area contributed by atoms with Gasteiger partial charge < -0.3 is 19.5 Å². The van der Waals surface area contributed by atoms with Crippen molar-refractivity contribution in [3.8, 4) is 0 Å². The maximum atomic E-state index is 6.09. The molecule has 1 aromatic rings. The molecule has 5 nitrogen and oxygen atoms in total. The quantitative estimate of drug-likeness (QED) is 0.432. The van der Waals surface area contributed by atoms with Crippen LogP contribution in [0.1, 0.15) is 44.7 Å². The number of aromatic nitrogens is 1. The molecule has 1 aliphatic carbocycles. The Morgan fingerprint density at radius 1 is 1.44 bits per heavy atom. The molecule has 0 radical (unpaired) electrons. The van der Waals surface area contributed by atoms with Gasteiger partial charge in [-0.2, -0.15) is 0 Å². The Kier molecular flexibility index (Phi) is 7.63. The van der Waals surface area contributed by atoms with E-state index in [0.717, 1.165) is 43.7 Å². The number of nitrogens with one attached hydrogen (secondary N) is 1. The molecule has 2 rings (SSSR count). The molecule has 25 heavy (non-hydrogen) atoms. The highest BCUT2D eigenvalue weighted by Crippen LogP contribution is 2.40. The van der Waals surface area contributed by atoms with Crippen LogP contribution in [0.25, 0.3) is 0 Å². The Bertz CT molecular complexity index is 564. The molecule has 1 aromatic heterocycles. The monoisotopic (exact) mass is 368 g/mol. The van der Waals surface area contributed by atoms with Crippen LogP contribution in [0, 0.1) is 5.41 Å². The van der Waals surface area contributed by atoms with Crippen LogP contribution >= 0.6 is 11.6 Å². The normalized spacial score (nSPS) is 17.1. The van der Waals surface area contributed by atoms with Crippen molar-refractivity contribution in [3.63, 3.8) is 0 Å². The molecular formula is C19H33ClN4O. The molecule has 1 aliphatic rings. The Morgan fingerprint density at radius 3 is 2.72 bits per heavy atom. The number of hydrogen-bond acceptors (Lipinski definition) is 2. The lowest BCUT2D eigenvalue weighted by molar-refractivity contribution is 0.104. The maximum Gasteiger partial charge on any atom is 0.193 e. The lowest BCUT2D eigenvalue weighted by atomic mass is 9.83. The zero-order valence-electron chi connectivity index (χ0n) is 16.1. The van der Waals surface area contributed by atoms with Gasteiger partial charge in [0, 0.05) is 52.8 Å². The van der Waals surface area contributed by atoms with Crippen LogP contribution in [0.4, 0.5) is 0 Å². The van der Waals surface area contributed by atoms with E-state index in [1.807, 2.05) is 26.4 Å². The van der Waals surface area contributed by atoms with Crippen LogP contribution in [0.15, 0.2) is 17.3 Å². The first-order chi connectivity index (χ1) is 12.0. The molecule has 6 heteroatoms. The minimum atomic E-state index is 0.347. The summed E-state index contributed by atoms with van der Waals surface area (Å²) in [7, 11) is 5.93. The van der Waals surface area contributed by atoms with E-state index < -0.39 is 0 Å². The SMILES string of the molecule is CCOCCC1(CNC(=NC)N(C)Cc2cc(Cl)cn2C)CCCC1. The molecule has 142 valence electrons. The summed E-state index contributed by atoms with van der Waals surface area (Å²) in [6.07, 6.45) is 8.26. The van der Waals surface area contributed by atoms with E-state index in [-0.39, 0.29) is 0 Å². The number of aryl methyl sites for hydroxylation is 1. The van der Waals surface area contributed by atoms with Gasteiger partial charge in [0.25, 0.3) is 0 Å². The largest absolute Gasteiger partial charge is 0.382 e. The fraction of sp³-hybridized carbons (Fsp3) is 0.737. The van der Waals surface area contributed by atoms with Crippen molar-refractivity contribution in [1.82, 2.24) is 14.8 Å². The Labute approximate surface area is 157 Å². The van der Waals surface area contributed by atoms with E-state index >= 15 is 0 Å². The predicted molar refractivity (Wildman–Crippen MR) is 105 cm³/mol. The molecular weight excluding hydrogens is 336 g/mol. The fourth-order valence-corrected chi connectivity index (χ4v) is 4.04. The average molecular weight is 369 g/mol. The molecule has 0 aromatic carbocycles. The van der Waals surface area contributed by atoms with Crippen molar-refractivity contribution < 1.29 is 4.74 Å². The molecule has 1 saturated carbocycles. The topological polar surface area (TPSA) is 41.8 Å². The minimum Gasteiger partial charge on any atom is -0.382 e. The number of rotatable bonds is 8. The van der Waals surface area contributed by atoms with Gasteiger partial charge in [0.15, 0.2) is 5.96 Å². The molecule has 0 atom stereocenters. The van der Waals surface area contributed by atoms with Gasteiger partial charge in [-0.25, -0.2) is 0 Å². The third kappa shape index (κ3) is 5.65. The molecule has 1 N–H and O–H groups in total. The highest BCUT2D eigenvalue weighted by atomic mass is 35.5. The second kappa shape index (κ2) is 9.48. The second-order valence-electron chi connectivity index (χ2n) is 7.17. The summed E-state index contributed by atoms with van der Waals surface area (Å²) < 4.78 is 7.67. The van der Waals surface area contributed by atoms with Crippen LogP contribution in [0.3, 0.4) is 0 Å². The zero-order chi connectivity index (χ0) is 18.3. The van der Waals surface area contributed by atoms with E-state index in [2.05, 4.69) is 33.7 Å². The van der Waals surface area contributed by atoms with Gasteiger partial charge in [-0.15, -0.1) is 0 Å². The summed E-state index contributed by atoms with van der Waals surface area (Å²) in [6.45, 7) is 5.45. The first-order valence-corrected chi connectivity index (χ1v) is 9.68. The van der Waals surface area contributed by atoms with Crippen molar-refractivity contribution >= 4 is 17.6 Å². The van der Waals surface area contributed by atoms with Crippen molar-refractivity contribution in [2.24, 2.45) is 17.5 Å². The summed E-state index contributed by atoms with van der Waals surface area (Å²) in [5, 5.41) is 4.38. The van der Waals surface area contributed by atoms with Crippen LogP contribution in [-0.4, -0.2) is 49.3 Å². The third-order valence-electron chi connectivity index (χ3n) is 5.31. The highest BCUT2D eigenvalue weighted by Gasteiger charge is 2.33. The van der Waals surface area contributed by atoms with E-state index in [9.17, 15) is 0 Å². The number of ether oxygens (including phenoxy) is 1. The van der Waals surface area contributed by atoms with Crippen LogP contribution < -0.4 is 5.32 Å². The van der Waals surface area contributed by atoms with E-state index in [4.69, 9.17) is 16.3 Å². The molecule has 0 amide bonds. The molecule has 0 spiro atoms. The average Bonchev–Trinajstić information content (AvgIpc) is 3.15. The van der Waals surface area contributed by atoms with Gasteiger partial charge >= 0.3 is 0 Å². The number of hydrogen-bond donors (Lipinski definition) is 1. The number of halogens is 1. The van der Waals surface area contributed by atoms with E-state index in [1.165, 1.54) is 31.4 Å². The van der Waals surface area contributed by atoms with Crippen molar-refractivity contribution in [3.05, 3.63) is 23.0 Å². The summed E-state index contributed by atoms with van der Waals surface area (Å²) >= 11 is 6.09. The Hall–Kier alpha value is -1.20. The number of guanidine groups is 1. The highest BCUT2D eigenvalue weighted by molar-refractivity contribution is 6.30. The van der Waals surface area contributed by atoms with Gasteiger partial charge in [0.2, 0.25) is 0 Å². The molecule has 0 aliphatic heterocycles. The minimum absolute atomic E-state index is 0.347. The zero-order valence-corrected chi connectivity index (χ0v) is 16.9. The number of aliphatic imine (C=N–C) groups is 1. The molecule has 1 heterocycles. The smallest absolute Gasteiger partial charge is 0.193 e. The van der Waals surface area contributed by atoms with Crippen LogP contribution in [-0.2, 0) is 18.3 Å². The van der Waals surface area contributed by atoms with Gasteiger partial charge in [-0.3, -0.25) is 4.99 Å². The van der Waals surface area contributed by atoms with Crippen LogP contribution in [0.5, 0.6) is 0 Å². The predicted octanol–water partition coefficient (Wildman–Crippen LogP) is 3.67. The van der Waals surface area contributed by atoms with Gasteiger partial charge in [0.05, 0.1) is 11.6 Å². The molecule has 0 bridgehead atoms. The summed E-state index contributed by atoms with van der Waals surface area (Å²) in [5.41, 5.74) is 1.52. The first kappa shape index (κ1) is 20.1. The number of nitrogens with zero attached hydrogens (tertiary/aromatic N) is 3. The second-order valence-corrected chi connectivity index (χ2v) is 7.61. The van der Waals surface area contributed by atoms with E-state index in [0.29, 0.717) is 5.41 Å².